The Morgan fingerprint density at radius 2 is 1.78 bits per heavy atom. The molecule has 0 bridgehead atoms. The third kappa shape index (κ3) is 4.55. The number of aromatic nitrogens is 2. The van der Waals surface area contributed by atoms with Gasteiger partial charge in [0.25, 0.3) is 0 Å². The second kappa shape index (κ2) is 8.21. The van der Waals surface area contributed by atoms with E-state index in [0.29, 0.717) is 0 Å². The fourth-order valence-corrected chi connectivity index (χ4v) is 4.11. The molecular formula is C20H24N4O2S. The predicted octanol–water partition coefficient (Wildman–Crippen LogP) is 3.43. The predicted molar refractivity (Wildman–Crippen MR) is 106 cm³/mol. The Hall–Kier alpha value is -2.22. The van der Waals surface area contributed by atoms with Crippen molar-refractivity contribution in [2.75, 3.05) is 33.3 Å². The molecule has 0 N–H and O–H groups in total. The molecule has 1 aliphatic rings. The van der Waals surface area contributed by atoms with Crippen LogP contribution in [0, 0.1) is 6.92 Å². The van der Waals surface area contributed by atoms with Gasteiger partial charge in [0.05, 0.1) is 25.0 Å². The number of aryl methyl sites for hydroxylation is 1. The van der Waals surface area contributed by atoms with Crippen LogP contribution in [0.2, 0.25) is 0 Å². The fraction of sp³-hybridized carbons (Fsp3) is 0.400. The van der Waals surface area contributed by atoms with Crippen LogP contribution in [0.5, 0.6) is 5.75 Å². The maximum atomic E-state index is 5.33. The summed E-state index contributed by atoms with van der Waals surface area (Å²) < 4.78 is 10.5. The molecule has 0 unspecified atom stereocenters. The van der Waals surface area contributed by atoms with Crippen LogP contribution in [0.1, 0.15) is 17.1 Å². The van der Waals surface area contributed by atoms with Crippen LogP contribution in [-0.2, 0) is 13.1 Å². The van der Waals surface area contributed by atoms with Crippen molar-refractivity contribution in [3.63, 3.8) is 0 Å². The zero-order chi connectivity index (χ0) is 18.6. The molecule has 1 aromatic carbocycles. The molecule has 4 rings (SSSR count). The minimum absolute atomic E-state index is 0.840. The summed E-state index contributed by atoms with van der Waals surface area (Å²) >= 11 is 1.70. The lowest BCUT2D eigenvalue weighted by Gasteiger charge is -2.33. The number of methoxy groups -OCH3 is 1. The molecule has 1 saturated heterocycles. The van der Waals surface area contributed by atoms with Gasteiger partial charge in [0.15, 0.2) is 5.76 Å². The van der Waals surface area contributed by atoms with E-state index in [-0.39, 0.29) is 0 Å². The Labute approximate surface area is 163 Å². The summed E-state index contributed by atoms with van der Waals surface area (Å²) in [7, 11) is 1.68. The first-order valence-electron chi connectivity index (χ1n) is 9.15. The van der Waals surface area contributed by atoms with Crippen LogP contribution in [0.25, 0.3) is 10.6 Å². The van der Waals surface area contributed by atoms with Crippen molar-refractivity contribution in [2.45, 2.75) is 20.0 Å². The Kier molecular flexibility index (Phi) is 5.52. The highest BCUT2D eigenvalue weighted by atomic mass is 32.1. The third-order valence-corrected chi connectivity index (χ3v) is 5.74. The van der Waals surface area contributed by atoms with Gasteiger partial charge in [-0.2, -0.15) is 0 Å². The monoisotopic (exact) mass is 384 g/mol. The van der Waals surface area contributed by atoms with Crippen LogP contribution < -0.4 is 4.74 Å². The van der Waals surface area contributed by atoms with E-state index >= 15 is 0 Å². The Balaban J connectivity index is 1.29. The van der Waals surface area contributed by atoms with Gasteiger partial charge in [-0.15, -0.1) is 11.3 Å². The molecule has 0 amide bonds. The summed E-state index contributed by atoms with van der Waals surface area (Å²) in [5, 5.41) is 7.20. The molecule has 3 heterocycles. The van der Waals surface area contributed by atoms with Crippen molar-refractivity contribution in [1.29, 1.82) is 0 Å². The summed E-state index contributed by atoms with van der Waals surface area (Å²) in [5.74, 6) is 1.82. The summed E-state index contributed by atoms with van der Waals surface area (Å²) in [5.41, 5.74) is 3.23. The van der Waals surface area contributed by atoms with E-state index in [1.165, 1.54) is 0 Å². The van der Waals surface area contributed by atoms with Crippen molar-refractivity contribution in [2.24, 2.45) is 0 Å². The van der Waals surface area contributed by atoms with Gasteiger partial charge in [-0.05, 0) is 31.2 Å². The van der Waals surface area contributed by atoms with E-state index in [1.54, 1.807) is 18.4 Å². The summed E-state index contributed by atoms with van der Waals surface area (Å²) in [6.45, 7) is 7.86. The minimum atomic E-state index is 0.840. The number of benzene rings is 1. The van der Waals surface area contributed by atoms with Crippen molar-refractivity contribution in [1.82, 2.24) is 19.9 Å². The van der Waals surface area contributed by atoms with E-state index in [9.17, 15) is 0 Å². The van der Waals surface area contributed by atoms with Gasteiger partial charge >= 0.3 is 0 Å². The summed E-state index contributed by atoms with van der Waals surface area (Å²) in [6.07, 6.45) is 0. The van der Waals surface area contributed by atoms with Crippen LogP contribution in [0.15, 0.2) is 40.2 Å². The fourth-order valence-electron chi connectivity index (χ4n) is 3.29. The van der Waals surface area contributed by atoms with Crippen molar-refractivity contribution >= 4 is 11.3 Å². The van der Waals surface area contributed by atoms with Gasteiger partial charge < -0.3 is 9.26 Å². The maximum Gasteiger partial charge on any atom is 0.150 e. The highest BCUT2D eigenvalue weighted by Gasteiger charge is 2.19. The second-order valence-corrected chi connectivity index (χ2v) is 7.72. The quantitative estimate of drug-likeness (QED) is 0.649. The molecular weight excluding hydrogens is 360 g/mol. The van der Waals surface area contributed by atoms with Crippen LogP contribution in [0.3, 0.4) is 0 Å². The number of hydrogen-bond acceptors (Lipinski definition) is 7. The SMILES string of the molecule is COc1ccc(-c2nc(CN3CCN(Cc4cc(C)no4)CC3)cs2)cc1. The lowest BCUT2D eigenvalue weighted by atomic mass is 10.2. The van der Waals surface area contributed by atoms with Gasteiger partial charge in [0.2, 0.25) is 0 Å². The van der Waals surface area contributed by atoms with E-state index in [0.717, 1.165) is 72.7 Å². The van der Waals surface area contributed by atoms with E-state index in [1.807, 2.05) is 25.1 Å². The molecule has 1 fully saturated rings. The Morgan fingerprint density at radius 3 is 2.41 bits per heavy atom. The van der Waals surface area contributed by atoms with Crippen LogP contribution in [-0.4, -0.2) is 53.2 Å². The zero-order valence-corrected chi connectivity index (χ0v) is 16.5. The van der Waals surface area contributed by atoms with Gasteiger partial charge in [0, 0.05) is 49.7 Å². The summed E-state index contributed by atoms with van der Waals surface area (Å²) in [6, 6.07) is 10.1. The third-order valence-electron chi connectivity index (χ3n) is 4.80. The minimum Gasteiger partial charge on any atom is -0.497 e. The number of nitrogens with zero attached hydrogens (tertiary/aromatic N) is 4. The first-order chi connectivity index (χ1) is 13.2. The molecule has 1 aliphatic heterocycles. The number of piperazine rings is 1. The molecule has 27 heavy (non-hydrogen) atoms. The molecule has 0 radical (unpaired) electrons. The lowest BCUT2D eigenvalue weighted by molar-refractivity contribution is 0.113. The summed E-state index contributed by atoms with van der Waals surface area (Å²) in [4.78, 5) is 9.70. The smallest absolute Gasteiger partial charge is 0.150 e. The van der Waals surface area contributed by atoms with Gasteiger partial charge in [-0.25, -0.2) is 4.98 Å². The van der Waals surface area contributed by atoms with Crippen LogP contribution >= 0.6 is 11.3 Å². The van der Waals surface area contributed by atoms with E-state index in [2.05, 4.69) is 32.5 Å². The number of ether oxygens (including phenoxy) is 1. The first kappa shape index (κ1) is 18.2. The van der Waals surface area contributed by atoms with Crippen molar-refractivity contribution in [3.8, 4) is 16.3 Å². The van der Waals surface area contributed by atoms with E-state index < -0.39 is 0 Å². The van der Waals surface area contributed by atoms with Crippen molar-refractivity contribution in [3.05, 3.63) is 52.9 Å². The van der Waals surface area contributed by atoms with E-state index in [4.69, 9.17) is 14.2 Å². The normalized spacial score (nSPS) is 15.9. The molecule has 0 saturated carbocycles. The molecule has 2 aromatic heterocycles. The number of rotatable bonds is 6. The Bertz CT molecular complexity index is 866. The van der Waals surface area contributed by atoms with Gasteiger partial charge in [-0.1, -0.05) is 5.16 Å². The molecule has 7 heteroatoms. The van der Waals surface area contributed by atoms with Crippen molar-refractivity contribution < 1.29 is 9.26 Å². The highest BCUT2D eigenvalue weighted by molar-refractivity contribution is 7.13. The van der Waals surface area contributed by atoms with Crippen LogP contribution in [0.4, 0.5) is 0 Å². The molecule has 6 nitrogen and oxygen atoms in total. The zero-order valence-electron chi connectivity index (χ0n) is 15.7. The standard InChI is InChI=1S/C20H24N4O2S/c1-15-11-19(26-22-15)13-24-9-7-23(8-10-24)12-17-14-27-20(21-17)16-3-5-18(25-2)6-4-16/h3-6,11,14H,7-10,12-13H2,1-2H3. The topological polar surface area (TPSA) is 54.6 Å². The lowest BCUT2D eigenvalue weighted by Crippen LogP contribution is -2.45. The first-order valence-corrected chi connectivity index (χ1v) is 10.0. The second-order valence-electron chi connectivity index (χ2n) is 6.86. The number of thiazole rings is 1. The average Bonchev–Trinajstić information content (AvgIpc) is 3.32. The molecule has 3 aromatic rings. The van der Waals surface area contributed by atoms with Gasteiger partial charge in [0.1, 0.15) is 10.8 Å². The Morgan fingerprint density at radius 1 is 1.07 bits per heavy atom. The molecule has 0 aliphatic carbocycles. The molecule has 142 valence electrons. The average molecular weight is 385 g/mol. The largest absolute Gasteiger partial charge is 0.497 e. The molecule has 0 atom stereocenters. The molecule has 0 spiro atoms. The highest BCUT2D eigenvalue weighted by Crippen LogP contribution is 2.26. The maximum absolute atomic E-state index is 5.33. The van der Waals surface area contributed by atoms with Gasteiger partial charge in [-0.3, -0.25) is 9.80 Å². The number of hydrogen-bond donors (Lipinski definition) is 0.